The number of nitrogens with zero attached hydrogens (tertiary/aromatic N) is 1. The second-order valence-electron chi connectivity index (χ2n) is 4.71. The average Bonchev–Trinajstić information content (AvgIpc) is 2.80. The third-order valence-corrected chi connectivity index (χ3v) is 4.51. The number of hydrogen-bond acceptors (Lipinski definition) is 7. The standard InChI is InChI=1S/C15H13F2NO5S2/c1-22-9-4-2-3-8(12(9)23-14(16)17)7-10-13(21)18(15(24)25-10)6-5-11(19)20/h2-4,7,14H,5-6H2,1H3,(H,19,20)/p-1/b10-7-. The molecule has 0 aromatic heterocycles. The summed E-state index contributed by atoms with van der Waals surface area (Å²) in [6.07, 6.45) is 0.983. The maximum absolute atomic E-state index is 12.6. The fraction of sp³-hybridized carbons (Fsp3) is 0.267. The molecule has 1 saturated heterocycles. The van der Waals surface area contributed by atoms with Crippen LogP contribution < -0.4 is 14.6 Å². The highest BCUT2D eigenvalue weighted by Crippen LogP contribution is 2.38. The Hall–Kier alpha value is -2.20. The van der Waals surface area contributed by atoms with E-state index in [1.807, 2.05) is 0 Å². The van der Waals surface area contributed by atoms with E-state index in [0.29, 0.717) is 0 Å². The number of carbonyl (C=O) groups excluding carboxylic acids is 2. The number of thioether (sulfide) groups is 1. The Morgan fingerprint density at radius 1 is 1.48 bits per heavy atom. The minimum Gasteiger partial charge on any atom is -0.550 e. The lowest BCUT2D eigenvalue weighted by molar-refractivity contribution is -0.305. The van der Waals surface area contributed by atoms with Gasteiger partial charge in [-0.3, -0.25) is 9.69 Å². The summed E-state index contributed by atoms with van der Waals surface area (Å²) < 4.78 is 35.0. The molecule has 0 spiro atoms. The van der Waals surface area contributed by atoms with Crippen LogP contribution in [0.2, 0.25) is 0 Å². The van der Waals surface area contributed by atoms with Crippen LogP contribution in [0.15, 0.2) is 23.1 Å². The maximum Gasteiger partial charge on any atom is 0.387 e. The van der Waals surface area contributed by atoms with Crippen molar-refractivity contribution in [3.05, 3.63) is 28.7 Å². The molecule has 1 aliphatic rings. The lowest BCUT2D eigenvalue weighted by atomic mass is 10.1. The predicted octanol–water partition coefficient (Wildman–Crippen LogP) is 1.64. The number of amides is 1. The van der Waals surface area contributed by atoms with Crippen molar-refractivity contribution >= 4 is 46.3 Å². The molecular formula is C15H12F2NO5S2-. The van der Waals surface area contributed by atoms with E-state index in [1.54, 1.807) is 6.07 Å². The highest BCUT2D eigenvalue weighted by molar-refractivity contribution is 8.26. The Bertz CT molecular complexity index is 739. The van der Waals surface area contributed by atoms with Gasteiger partial charge in [-0.15, -0.1) is 0 Å². The van der Waals surface area contributed by atoms with Crippen LogP contribution in [0.1, 0.15) is 12.0 Å². The number of aliphatic carboxylic acids is 1. The molecule has 0 radical (unpaired) electrons. The fourth-order valence-corrected chi connectivity index (χ4v) is 3.36. The molecule has 0 bridgehead atoms. The quantitative estimate of drug-likeness (QED) is 0.519. The molecule has 0 unspecified atom stereocenters. The topological polar surface area (TPSA) is 78.9 Å². The van der Waals surface area contributed by atoms with E-state index < -0.39 is 18.5 Å². The van der Waals surface area contributed by atoms with E-state index >= 15 is 0 Å². The Balaban J connectivity index is 2.33. The van der Waals surface area contributed by atoms with E-state index in [0.717, 1.165) is 16.7 Å². The van der Waals surface area contributed by atoms with Gasteiger partial charge in [0.25, 0.3) is 5.91 Å². The second-order valence-corrected chi connectivity index (χ2v) is 6.39. The molecule has 10 heteroatoms. The van der Waals surface area contributed by atoms with Gasteiger partial charge >= 0.3 is 6.61 Å². The minimum atomic E-state index is -3.07. The molecule has 6 nitrogen and oxygen atoms in total. The summed E-state index contributed by atoms with van der Waals surface area (Å²) in [5.74, 6) is -1.94. The molecule has 0 atom stereocenters. The van der Waals surface area contributed by atoms with E-state index in [-0.39, 0.29) is 39.3 Å². The second kappa shape index (κ2) is 8.26. The molecule has 1 aromatic carbocycles. The summed E-state index contributed by atoms with van der Waals surface area (Å²) in [5, 5.41) is 10.5. The summed E-state index contributed by atoms with van der Waals surface area (Å²) in [4.78, 5) is 24.2. The molecule has 0 N–H and O–H groups in total. The number of thiocarbonyl (C=S) groups is 1. The van der Waals surface area contributed by atoms with Gasteiger partial charge in [0.1, 0.15) is 4.32 Å². The number of carboxylic acids is 1. The first-order valence-corrected chi connectivity index (χ1v) is 8.13. The first kappa shape index (κ1) is 19.1. The molecule has 134 valence electrons. The number of benzene rings is 1. The van der Waals surface area contributed by atoms with Gasteiger partial charge in [-0.2, -0.15) is 8.78 Å². The number of hydrogen-bond donors (Lipinski definition) is 0. The number of halogens is 2. The van der Waals surface area contributed by atoms with Gasteiger partial charge in [0.15, 0.2) is 11.5 Å². The van der Waals surface area contributed by atoms with Crippen molar-refractivity contribution in [1.82, 2.24) is 4.90 Å². The molecule has 0 saturated carbocycles. The van der Waals surface area contributed by atoms with Crippen LogP contribution in [0.5, 0.6) is 11.5 Å². The highest BCUT2D eigenvalue weighted by atomic mass is 32.2. The summed E-state index contributed by atoms with van der Waals surface area (Å²) in [6, 6.07) is 4.48. The smallest absolute Gasteiger partial charge is 0.387 e. The van der Waals surface area contributed by atoms with E-state index in [2.05, 4.69) is 4.74 Å². The molecule has 1 aromatic rings. The van der Waals surface area contributed by atoms with Crippen molar-refractivity contribution in [1.29, 1.82) is 0 Å². The highest BCUT2D eigenvalue weighted by Gasteiger charge is 2.32. The fourth-order valence-electron chi connectivity index (χ4n) is 2.06. The normalized spacial score (nSPS) is 16.0. The van der Waals surface area contributed by atoms with Crippen LogP contribution >= 0.6 is 24.0 Å². The number of carboxylic acid groups (broad SMARTS) is 1. The summed E-state index contributed by atoms with van der Waals surface area (Å²) in [5.41, 5.74) is 0.208. The van der Waals surface area contributed by atoms with Crippen LogP contribution in [0, 0.1) is 0 Å². The number of alkyl halides is 2. The molecule has 1 fully saturated rings. The molecule has 1 heterocycles. The van der Waals surface area contributed by atoms with Crippen molar-refractivity contribution in [2.24, 2.45) is 0 Å². The van der Waals surface area contributed by atoms with E-state index in [1.165, 1.54) is 25.3 Å². The molecular weight excluding hydrogens is 376 g/mol. The monoisotopic (exact) mass is 388 g/mol. The Kier molecular flexibility index (Phi) is 6.32. The van der Waals surface area contributed by atoms with Gasteiger partial charge in [0.2, 0.25) is 0 Å². The zero-order valence-electron chi connectivity index (χ0n) is 12.9. The Morgan fingerprint density at radius 3 is 2.80 bits per heavy atom. The molecule has 0 aliphatic carbocycles. The maximum atomic E-state index is 12.6. The zero-order chi connectivity index (χ0) is 18.6. The van der Waals surface area contributed by atoms with Crippen molar-refractivity contribution in [3.8, 4) is 11.5 Å². The third kappa shape index (κ3) is 4.67. The zero-order valence-corrected chi connectivity index (χ0v) is 14.5. The summed E-state index contributed by atoms with van der Waals surface area (Å²) >= 11 is 5.99. The largest absolute Gasteiger partial charge is 0.550 e. The van der Waals surface area contributed by atoms with E-state index in [4.69, 9.17) is 17.0 Å². The number of rotatable bonds is 7. The Labute approximate surface area is 151 Å². The van der Waals surface area contributed by atoms with Crippen molar-refractivity contribution in [2.75, 3.05) is 13.7 Å². The van der Waals surface area contributed by atoms with E-state index in [9.17, 15) is 23.5 Å². The van der Waals surface area contributed by atoms with Gasteiger partial charge in [-0.25, -0.2) is 0 Å². The van der Waals surface area contributed by atoms with Gasteiger partial charge in [0.05, 0.1) is 12.0 Å². The molecule has 25 heavy (non-hydrogen) atoms. The first-order chi connectivity index (χ1) is 11.8. The van der Waals surface area contributed by atoms with Gasteiger partial charge in [-0.05, 0) is 12.1 Å². The lowest BCUT2D eigenvalue weighted by Gasteiger charge is -2.14. The summed E-state index contributed by atoms with van der Waals surface area (Å²) in [7, 11) is 1.30. The van der Waals surface area contributed by atoms with Crippen LogP contribution in [-0.4, -0.2) is 41.4 Å². The van der Waals surface area contributed by atoms with Crippen LogP contribution in [0.3, 0.4) is 0 Å². The first-order valence-electron chi connectivity index (χ1n) is 6.90. The Morgan fingerprint density at radius 2 is 2.20 bits per heavy atom. The summed E-state index contributed by atoms with van der Waals surface area (Å²) in [6.45, 7) is -3.19. The minimum absolute atomic E-state index is 0.0847. The predicted molar refractivity (Wildman–Crippen MR) is 89.1 cm³/mol. The number of carbonyl (C=O) groups is 2. The van der Waals surface area contributed by atoms with Crippen molar-refractivity contribution < 1.29 is 33.0 Å². The van der Waals surface area contributed by atoms with Crippen molar-refractivity contribution in [3.63, 3.8) is 0 Å². The number of ether oxygens (including phenoxy) is 2. The average molecular weight is 388 g/mol. The molecule has 1 aliphatic heterocycles. The van der Waals surface area contributed by atoms with Gasteiger partial charge < -0.3 is 19.4 Å². The van der Waals surface area contributed by atoms with Gasteiger partial charge in [-0.1, -0.05) is 36.1 Å². The molecule has 2 rings (SSSR count). The number of methoxy groups -OCH3 is 1. The molecule has 1 amide bonds. The van der Waals surface area contributed by atoms with Crippen molar-refractivity contribution in [2.45, 2.75) is 13.0 Å². The third-order valence-electron chi connectivity index (χ3n) is 3.14. The number of para-hydroxylation sites is 1. The SMILES string of the molecule is COc1cccc(/C=C2\SC(=S)N(CCC(=O)[O-])C2=O)c1OC(F)F. The van der Waals surface area contributed by atoms with Crippen LogP contribution in [-0.2, 0) is 9.59 Å². The van der Waals surface area contributed by atoms with Crippen LogP contribution in [0.4, 0.5) is 8.78 Å². The lowest BCUT2D eigenvalue weighted by Crippen LogP contribution is -2.33. The van der Waals surface area contributed by atoms with Crippen LogP contribution in [0.25, 0.3) is 6.08 Å². The van der Waals surface area contributed by atoms with Gasteiger partial charge in [0, 0.05) is 24.5 Å².